The molecule has 0 aliphatic carbocycles. The average molecular weight is 165 g/mol. The van der Waals surface area contributed by atoms with Gasteiger partial charge in [0.25, 0.3) is 0 Å². The fourth-order valence-electron chi connectivity index (χ4n) is 1.34. The fraction of sp³-hybridized carbons (Fsp3) is 0.600. The Hall–Kier alpha value is -1.10. The van der Waals surface area contributed by atoms with Crippen LogP contribution in [0.25, 0.3) is 0 Å². The van der Waals surface area contributed by atoms with Crippen LogP contribution in [0.15, 0.2) is 12.0 Å². The summed E-state index contributed by atoms with van der Waals surface area (Å²) in [6.45, 7) is 4.86. The van der Waals surface area contributed by atoms with Crippen LogP contribution < -0.4 is 5.32 Å². The second-order valence-corrected chi connectivity index (χ2v) is 3.39. The quantitative estimate of drug-likeness (QED) is 0.628. The third kappa shape index (κ3) is 2.20. The topological polar surface area (TPSA) is 21.3 Å². The predicted octanol–water partition coefficient (Wildman–Crippen LogP) is 1.64. The van der Waals surface area contributed by atoms with Crippen LogP contribution in [0.2, 0.25) is 0 Å². The average Bonchev–Trinajstić information content (AvgIpc) is 2.01. The van der Waals surface area contributed by atoms with E-state index in [0.29, 0.717) is 0 Å². The molecule has 1 unspecified atom stereocenters. The van der Waals surface area contributed by atoms with E-state index in [1.54, 1.807) is 0 Å². The molecule has 12 heavy (non-hydrogen) atoms. The first kappa shape index (κ1) is 8.99. The molecule has 0 saturated heterocycles. The summed E-state index contributed by atoms with van der Waals surface area (Å²) in [6, 6.07) is 0. The lowest BCUT2D eigenvalue weighted by atomic mass is 9.99. The molecule has 0 saturated carbocycles. The van der Waals surface area contributed by atoms with Crippen molar-refractivity contribution < 1.29 is 4.74 Å². The SMILES string of the molecule is C#CCCC1(C)CNC=C(C)O1. The summed E-state index contributed by atoms with van der Waals surface area (Å²) < 4.78 is 5.68. The molecule has 1 heterocycles. The van der Waals surface area contributed by atoms with E-state index in [1.807, 2.05) is 13.1 Å². The number of allylic oxidation sites excluding steroid dienone is 1. The zero-order chi connectivity index (χ0) is 9.03. The molecule has 0 radical (unpaired) electrons. The molecule has 1 aliphatic heterocycles. The Bertz CT molecular complexity index is 226. The van der Waals surface area contributed by atoms with Crippen molar-refractivity contribution in [1.82, 2.24) is 5.32 Å². The van der Waals surface area contributed by atoms with Crippen LogP contribution in [0.1, 0.15) is 26.7 Å². The van der Waals surface area contributed by atoms with Gasteiger partial charge in [-0.3, -0.25) is 0 Å². The first-order valence-corrected chi connectivity index (χ1v) is 4.19. The van der Waals surface area contributed by atoms with E-state index in [2.05, 4.69) is 18.2 Å². The lowest BCUT2D eigenvalue weighted by Crippen LogP contribution is -2.41. The smallest absolute Gasteiger partial charge is 0.124 e. The van der Waals surface area contributed by atoms with Crippen LogP contribution in [0, 0.1) is 12.3 Å². The summed E-state index contributed by atoms with van der Waals surface area (Å²) >= 11 is 0. The van der Waals surface area contributed by atoms with E-state index in [1.165, 1.54) is 0 Å². The number of hydrogen-bond acceptors (Lipinski definition) is 2. The van der Waals surface area contributed by atoms with Crippen LogP contribution in [-0.4, -0.2) is 12.1 Å². The maximum absolute atomic E-state index is 5.68. The lowest BCUT2D eigenvalue weighted by Gasteiger charge is -2.34. The molecule has 66 valence electrons. The summed E-state index contributed by atoms with van der Waals surface area (Å²) in [5.74, 6) is 3.56. The van der Waals surface area contributed by atoms with Gasteiger partial charge in [0.2, 0.25) is 0 Å². The molecule has 0 bridgehead atoms. The zero-order valence-electron chi connectivity index (χ0n) is 7.68. The highest BCUT2D eigenvalue weighted by Crippen LogP contribution is 2.22. The Balaban J connectivity index is 2.50. The largest absolute Gasteiger partial charge is 0.489 e. The Morgan fingerprint density at radius 2 is 2.58 bits per heavy atom. The van der Waals surface area contributed by atoms with Crippen LogP contribution in [-0.2, 0) is 4.74 Å². The van der Waals surface area contributed by atoms with E-state index in [4.69, 9.17) is 11.2 Å². The Labute approximate surface area is 74.0 Å². The highest BCUT2D eigenvalue weighted by molar-refractivity contribution is 4.99. The fourth-order valence-corrected chi connectivity index (χ4v) is 1.34. The Morgan fingerprint density at radius 1 is 1.83 bits per heavy atom. The molecule has 2 nitrogen and oxygen atoms in total. The van der Waals surface area contributed by atoms with E-state index < -0.39 is 0 Å². The van der Waals surface area contributed by atoms with Crippen molar-refractivity contribution in [3.8, 4) is 12.3 Å². The number of hydrogen-bond donors (Lipinski definition) is 1. The van der Waals surface area contributed by atoms with Gasteiger partial charge in [-0.2, -0.15) is 0 Å². The minimum absolute atomic E-state index is 0.120. The van der Waals surface area contributed by atoms with Gasteiger partial charge >= 0.3 is 0 Å². The third-order valence-corrected chi connectivity index (χ3v) is 1.99. The van der Waals surface area contributed by atoms with Crippen molar-refractivity contribution in [1.29, 1.82) is 0 Å². The van der Waals surface area contributed by atoms with Crippen molar-refractivity contribution in [2.75, 3.05) is 6.54 Å². The minimum atomic E-state index is -0.120. The molecule has 0 aromatic heterocycles. The van der Waals surface area contributed by atoms with E-state index in [9.17, 15) is 0 Å². The van der Waals surface area contributed by atoms with Crippen molar-refractivity contribution >= 4 is 0 Å². The predicted molar refractivity (Wildman–Crippen MR) is 49.3 cm³/mol. The van der Waals surface area contributed by atoms with Crippen LogP contribution in [0.5, 0.6) is 0 Å². The molecule has 1 atom stereocenters. The van der Waals surface area contributed by atoms with Gasteiger partial charge in [-0.25, -0.2) is 0 Å². The number of ether oxygens (including phenoxy) is 1. The molecule has 1 rings (SSSR count). The van der Waals surface area contributed by atoms with Gasteiger partial charge in [-0.1, -0.05) is 0 Å². The van der Waals surface area contributed by atoms with Gasteiger partial charge in [0, 0.05) is 12.6 Å². The molecule has 0 fully saturated rings. The normalized spacial score (nSPS) is 27.9. The van der Waals surface area contributed by atoms with Crippen LogP contribution in [0.3, 0.4) is 0 Å². The van der Waals surface area contributed by atoms with Gasteiger partial charge in [-0.15, -0.1) is 12.3 Å². The lowest BCUT2D eigenvalue weighted by molar-refractivity contribution is 0.00362. The van der Waals surface area contributed by atoms with Crippen molar-refractivity contribution in [3.63, 3.8) is 0 Å². The molecule has 0 amide bonds. The van der Waals surface area contributed by atoms with Gasteiger partial charge in [-0.05, 0) is 20.3 Å². The molecular weight excluding hydrogens is 150 g/mol. The summed E-state index contributed by atoms with van der Waals surface area (Å²) in [5, 5.41) is 3.18. The molecular formula is C10H15NO. The van der Waals surface area contributed by atoms with E-state index >= 15 is 0 Å². The summed E-state index contributed by atoms with van der Waals surface area (Å²) in [6.07, 6.45) is 8.76. The second-order valence-electron chi connectivity index (χ2n) is 3.39. The Kier molecular flexibility index (Phi) is 2.65. The van der Waals surface area contributed by atoms with Crippen LogP contribution >= 0.6 is 0 Å². The number of terminal acetylenes is 1. The highest BCUT2D eigenvalue weighted by atomic mass is 16.5. The third-order valence-electron chi connectivity index (χ3n) is 1.99. The molecule has 0 aromatic carbocycles. The summed E-state index contributed by atoms with van der Waals surface area (Å²) in [7, 11) is 0. The van der Waals surface area contributed by atoms with Crippen molar-refractivity contribution in [2.24, 2.45) is 0 Å². The van der Waals surface area contributed by atoms with Crippen LogP contribution in [0.4, 0.5) is 0 Å². The number of nitrogens with one attached hydrogen (secondary N) is 1. The minimum Gasteiger partial charge on any atom is -0.489 e. The first-order chi connectivity index (χ1) is 5.66. The van der Waals surface area contributed by atoms with Crippen molar-refractivity contribution in [2.45, 2.75) is 32.3 Å². The maximum atomic E-state index is 5.68. The molecule has 1 N–H and O–H groups in total. The van der Waals surface area contributed by atoms with Gasteiger partial charge in [0.1, 0.15) is 11.4 Å². The van der Waals surface area contributed by atoms with Gasteiger partial charge < -0.3 is 10.1 Å². The molecule has 1 aliphatic rings. The summed E-state index contributed by atoms with van der Waals surface area (Å²) in [5.41, 5.74) is -0.120. The molecule has 2 heteroatoms. The molecule has 0 aromatic rings. The maximum Gasteiger partial charge on any atom is 0.124 e. The standard InChI is InChI=1S/C10H15NO/c1-4-5-6-10(3)8-11-7-9(2)12-10/h1,7,11H,5-6,8H2,2-3H3. The van der Waals surface area contributed by atoms with Crippen molar-refractivity contribution in [3.05, 3.63) is 12.0 Å². The Morgan fingerprint density at radius 3 is 3.17 bits per heavy atom. The van der Waals surface area contributed by atoms with Gasteiger partial charge in [0.05, 0.1) is 6.54 Å². The summed E-state index contributed by atoms with van der Waals surface area (Å²) in [4.78, 5) is 0. The van der Waals surface area contributed by atoms with E-state index in [0.717, 1.165) is 25.1 Å². The molecule has 0 spiro atoms. The second kappa shape index (κ2) is 3.53. The zero-order valence-corrected chi connectivity index (χ0v) is 7.68. The number of rotatable bonds is 2. The first-order valence-electron chi connectivity index (χ1n) is 4.19. The van der Waals surface area contributed by atoms with Gasteiger partial charge in [0.15, 0.2) is 0 Å². The highest BCUT2D eigenvalue weighted by Gasteiger charge is 2.27. The monoisotopic (exact) mass is 165 g/mol. The van der Waals surface area contributed by atoms with E-state index in [-0.39, 0.29) is 5.60 Å².